The lowest BCUT2D eigenvalue weighted by Crippen LogP contribution is -2.45. The van der Waals surface area contributed by atoms with Gasteiger partial charge in [0.15, 0.2) is 0 Å². The molecule has 2 heterocycles. The number of nitrogens with zero attached hydrogens (tertiary/aromatic N) is 4. The van der Waals surface area contributed by atoms with Gasteiger partial charge in [0, 0.05) is 64.8 Å². The summed E-state index contributed by atoms with van der Waals surface area (Å²) in [7, 11) is 1.90. The number of benzene rings is 2. The number of hydrogen-bond acceptors (Lipinski definition) is 6. The molecule has 0 unspecified atom stereocenters. The number of para-hydroxylation sites is 1. The summed E-state index contributed by atoms with van der Waals surface area (Å²) in [5, 5.41) is 2.94. The van der Waals surface area contributed by atoms with Gasteiger partial charge in [-0.1, -0.05) is 68.8 Å². The lowest BCUT2D eigenvalue weighted by atomic mass is 9.96. The zero-order valence-electron chi connectivity index (χ0n) is 29.7. The highest BCUT2D eigenvalue weighted by molar-refractivity contribution is 5.91. The lowest BCUT2D eigenvalue weighted by molar-refractivity contribution is -0.137. The SMILES string of the molecule is CCCN(CCC)C(=O)[C@@H]1CCCN(CCCCCC(=O)N(C)CCN2CCC(OC(=O)Nc3ccccc3-c3ccccc3)CC2)C1. The maximum atomic E-state index is 13.1. The molecule has 1 N–H and O–H groups in total. The van der Waals surface area contributed by atoms with E-state index in [1.165, 1.54) is 0 Å². The van der Waals surface area contributed by atoms with Crippen molar-refractivity contribution in [2.75, 3.05) is 71.3 Å². The number of anilines is 1. The van der Waals surface area contributed by atoms with Crippen molar-refractivity contribution in [1.29, 1.82) is 0 Å². The van der Waals surface area contributed by atoms with Crippen molar-refractivity contribution in [2.24, 2.45) is 5.92 Å². The maximum absolute atomic E-state index is 13.1. The second-order valence-corrected chi connectivity index (χ2v) is 13.6. The van der Waals surface area contributed by atoms with E-state index in [9.17, 15) is 14.4 Å². The average molecular weight is 662 g/mol. The molecule has 0 aromatic heterocycles. The molecule has 2 aromatic rings. The van der Waals surface area contributed by atoms with Gasteiger partial charge in [0.1, 0.15) is 6.10 Å². The van der Waals surface area contributed by atoms with Gasteiger partial charge < -0.3 is 24.3 Å². The van der Waals surface area contributed by atoms with Gasteiger partial charge in [-0.2, -0.15) is 0 Å². The van der Waals surface area contributed by atoms with Crippen molar-refractivity contribution in [3.05, 3.63) is 54.6 Å². The highest BCUT2D eigenvalue weighted by Gasteiger charge is 2.28. The number of likely N-dealkylation sites (N-methyl/N-ethyl adjacent to an activating group) is 1. The summed E-state index contributed by atoms with van der Waals surface area (Å²) in [4.78, 5) is 47.4. The second-order valence-electron chi connectivity index (χ2n) is 13.6. The number of carbonyl (C=O) groups is 3. The molecule has 264 valence electrons. The molecule has 0 spiro atoms. The average Bonchev–Trinajstić information content (AvgIpc) is 3.11. The van der Waals surface area contributed by atoms with Crippen LogP contribution in [-0.2, 0) is 14.3 Å². The Kier molecular flexibility index (Phi) is 15.7. The molecule has 0 saturated carbocycles. The van der Waals surface area contributed by atoms with Crippen LogP contribution in [-0.4, -0.2) is 110 Å². The van der Waals surface area contributed by atoms with Crippen LogP contribution >= 0.6 is 0 Å². The van der Waals surface area contributed by atoms with Crippen LogP contribution in [0.25, 0.3) is 11.1 Å². The van der Waals surface area contributed by atoms with E-state index >= 15 is 0 Å². The van der Waals surface area contributed by atoms with Crippen molar-refractivity contribution < 1.29 is 19.1 Å². The van der Waals surface area contributed by atoms with Crippen molar-refractivity contribution >= 4 is 23.6 Å². The summed E-state index contributed by atoms with van der Waals surface area (Å²) in [6, 6.07) is 17.8. The van der Waals surface area contributed by atoms with Crippen molar-refractivity contribution in [3.63, 3.8) is 0 Å². The van der Waals surface area contributed by atoms with Crippen LogP contribution in [0.5, 0.6) is 0 Å². The number of likely N-dealkylation sites (tertiary alicyclic amines) is 2. The van der Waals surface area contributed by atoms with Crippen molar-refractivity contribution in [1.82, 2.24) is 19.6 Å². The number of rotatable bonds is 17. The fourth-order valence-corrected chi connectivity index (χ4v) is 6.99. The maximum Gasteiger partial charge on any atom is 0.411 e. The van der Waals surface area contributed by atoms with Crippen LogP contribution in [0.2, 0.25) is 0 Å². The molecule has 0 aliphatic carbocycles. The third-order valence-electron chi connectivity index (χ3n) is 9.75. The van der Waals surface area contributed by atoms with Gasteiger partial charge >= 0.3 is 6.09 Å². The standard InChI is InChI=1S/C39H59N5O4/c1-4-23-44(24-5-2)38(46)33-17-14-26-43(31-33)25-13-7-10-20-37(45)41(3)29-30-42-27-21-34(22-28-42)48-39(47)40-36-19-12-11-18-35(36)32-15-8-6-9-16-32/h6,8-9,11-12,15-16,18-19,33-34H,4-5,7,10,13-14,17,20-31H2,1-3H3,(H,40,47)/t33-/m1/s1. The van der Waals surface area contributed by atoms with Gasteiger partial charge in [0.2, 0.25) is 11.8 Å². The third kappa shape index (κ3) is 11.9. The lowest BCUT2D eigenvalue weighted by Gasteiger charge is -2.35. The molecular weight excluding hydrogens is 602 g/mol. The first kappa shape index (κ1) is 37.4. The largest absolute Gasteiger partial charge is 0.446 e. The van der Waals surface area contributed by atoms with Crippen LogP contribution in [0, 0.1) is 5.92 Å². The monoisotopic (exact) mass is 661 g/mol. The first-order chi connectivity index (χ1) is 23.4. The first-order valence-electron chi connectivity index (χ1n) is 18.5. The Morgan fingerprint density at radius 2 is 1.52 bits per heavy atom. The zero-order valence-corrected chi connectivity index (χ0v) is 29.7. The Morgan fingerprint density at radius 3 is 2.25 bits per heavy atom. The predicted octanol–water partition coefficient (Wildman–Crippen LogP) is 6.75. The number of amides is 3. The highest BCUT2D eigenvalue weighted by atomic mass is 16.6. The molecule has 1 atom stereocenters. The van der Waals surface area contributed by atoms with Gasteiger partial charge in [-0.05, 0) is 76.1 Å². The van der Waals surface area contributed by atoms with E-state index < -0.39 is 6.09 Å². The molecule has 2 aromatic carbocycles. The molecule has 9 heteroatoms. The quantitative estimate of drug-likeness (QED) is 0.189. The van der Waals surface area contributed by atoms with E-state index in [4.69, 9.17) is 4.74 Å². The molecule has 2 fully saturated rings. The molecule has 0 bridgehead atoms. The minimum absolute atomic E-state index is 0.113. The zero-order chi connectivity index (χ0) is 34.1. The van der Waals surface area contributed by atoms with Gasteiger partial charge in [0.05, 0.1) is 11.6 Å². The summed E-state index contributed by atoms with van der Waals surface area (Å²) in [5.74, 6) is 0.688. The molecular formula is C39H59N5O4. The first-order valence-corrected chi connectivity index (χ1v) is 18.5. The van der Waals surface area contributed by atoms with E-state index in [0.717, 1.165) is 127 Å². The Labute approximate surface area is 289 Å². The van der Waals surface area contributed by atoms with Gasteiger partial charge in [-0.15, -0.1) is 0 Å². The van der Waals surface area contributed by atoms with Gasteiger partial charge in [-0.3, -0.25) is 14.9 Å². The molecule has 2 aliphatic rings. The van der Waals surface area contributed by atoms with Crippen LogP contribution < -0.4 is 5.32 Å². The van der Waals surface area contributed by atoms with Gasteiger partial charge in [-0.25, -0.2) is 4.79 Å². The summed E-state index contributed by atoms with van der Waals surface area (Å²) < 4.78 is 5.78. The second kappa shape index (κ2) is 20.2. The van der Waals surface area contributed by atoms with E-state index in [-0.39, 0.29) is 17.9 Å². The third-order valence-corrected chi connectivity index (χ3v) is 9.75. The molecule has 2 aliphatic heterocycles. The number of nitrogens with one attached hydrogen (secondary N) is 1. The molecule has 9 nitrogen and oxygen atoms in total. The highest BCUT2D eigenvalue weighted by Crippen LogP contribution is 2.28. The topological polar surface area (TPSA) is 85.4 Å². The molecule has 2 saturated heterocycles. The van der Waals surface area contributed by atoms with E-state index in [2.05, 4.69) is 33.9 Å². The molecule has 0 radical (unpaired) electrons. The summed E-state index contributed by atoms with van der Waals surface area (Å²) in [6.07, 6.45) is 8.75. The Morgan fingerprint density at radius 1 is 0.812 bits per heavy atom. The number of hydrogen-bond donors (Lipinski definition) is 1. The van der Waals surface area contributed by atoms with Crippen LogP contribution in [0.15, 0.2) is 54.6 Å². The normalized spacial score (nSPS) is 17.5. The van der Waals surface area contributed by atoms with E-state index in [1.807, 2.05) is 66.5 Å². The fourth-order valence-electron chi connectivity index (χ4n) is 6.99. The smallest absolute Gasteiger partial charge is 0.411 e. The molecule has 4 rings (SSSR count). The van der Waals surface area contributed by atoms with E-state index in [1.54, 1.807) is 0 Å². The summed E-state index contributed by atoms with van der Waals surface area (Å²) >= 11 is 0. The van der Waals surface area contributed by atoms with Crippen LogP contribution in [0.3, 0.4) is 0 Å². The summed E-state index contributed by atoms with van der Waals surface area (Å²) in [6.45, 7) is 12.2. The van der Waals surface area contributed by atoms with Gasteiger partial charge in [0.25, 0.3) is 0 Å². The number of carbonyl (C=O) groups excluding carboxylic acids is 3. The molecule has 48 heavy (non-hydrogen) atoms. The van der Waals surface area contributed by atoms with Crippen molar-refractivity contribution in [3.8, 4) is 11.1 Å². The minimum Gasteiger partial charge on any atom is -0.446 e. The Hall–Kier alpha value is -3.43. The predicted molar refractivity (Wildman–Crippen MR) is 194 cm³/mol. The Balaban J connectivity index is 1.06. The number of piperidine rings is 2. The van der Waals surface area contributed by atoms with Crippen molar-refractivity contribution in [2.45, 2.75) is 84.2 Å². The number of ether oxygens (including phenoxy) is 1. The fraction of sp³-hybridized carbons (Fsp3) is 0.615. The number of unbranched alkanes of at least 4 members (excludes halogenated alkanes) is 2. The molecule has 3 amide bonds. The van der Waals surface area contributed by atoms with Crippen LogP contribution in [0.4, 0.5) is 10.5 Å². The Bertz CT molecular complexity index is 1260. The van der Waals surface area contributed by atoms with Crippen LogP contribution in [0.1, 0.15) is 78.1 Å². The van der Waals surface area contributed by atoms with E-state index in [0.29, 0.717) is 18.9 Å². The minimum atomic E-state index is -0.418. The summed E-state index contributed by atoms with van der Waals surface area (Å²) in [5.41, 5.74) is 2.75.